The van der Waals surface area contributed by atoms with Crippen LogP contribution in [0, 0.1) is 0 Å². The molecule has 0 atom stereocenters. The van der Waals surface area contributed by atoms with Crippen molar-refractivity contribution in [3.63, 3.8) is 0 Å². The van der Waals surface area contributed by atoms with Gasteiger partial charge >= 0.3 is 6.09 Å². The van der Waals surface area contributed by atoms with Gasteiger partial charge in [0.1, 0.15) is 0 Å². The Kier molecular flexibility index (Phi) is 4.50. The molecule has 0 saturated heterocycles. The first-order chi connectivity index (χ1) is 8.51. The molecule has 8 nitrogen and oxygen atoms in total. The van der Waals surface area contributed by atoms with Gasteiger partial charge in [0.15, 0.2) is 5.96 Å². The molecule has 18 heavy (non-hydrogen) atoms. The summed E-state index contributed by atoms with van der Waals surface area (Å²) in [7, 11) is 1.28. The van der Waals surface area contributed by atoms with Crippen LogP contribution >= 0.6 is 0 Å². The van der Waals surface area contributed by atoms with Crippen molar-refractivity contribution in [1.29, 1.82) is 0 Å². The van der Waals surface area contributed by atoms with Crippen molar-refractivity contribution in [3.8, 4) is 0 Å². The summed E-state index contributed by atoms with van der Waals surface area (Å²) in [5.74, 6) is -0.219. The van der Waals surface area contributed by atoms with E-state index in [2.05, 4.69) is 20.0 Å². The van der Waals surface area contributed by atoms with Crippen LogP contribution in [0.2, 0.25) is 0 Å². The van der Waals surface area contributed by atoms with Gasteiger partial charge in [0.2, 0.25) is 5.96 Å². The number of nitrogens with one attached hydrogen (secondary N) is 1. The lowest BCUT2D eigenvalue weighted by Gasteiger charge is -2.03. The maximum absolute atomic E-state index is 10.9. The molecule has 1 aromatic rings. The van der Waals surface area contributed by atoms with Gasteiger partial charge in [-0.05, 0) is 24.3 Å². The highest BCUT2D eigenvalue weighted by Crippen LogP contribution is 2.16. The predicted octanol–water partition coefficient (Wildman–Crippen LogP) is 0.0845. The van der Waals surface area contributed by atoms with Crippen LogP contribution in [-0.2, 0) is 4.74 Å². The zero-order valence-corrected chi connectivity index (χ0v) is 9.75. The Morgan fingerprint density at radius 3 is 2.33 bits per heavy atom. The van der Waals surface area contributed by atoms with Crippen LogP contribution in [0.3, 0.4) is 0 Å². The summed E-state index contributed by atoms with van der Waals surface area (Å²) >= 11 is 0. The number of aliphatic imine (C=N–C) groups is 2. The second-order valence-corrected chi connectivity index (χ2v) is 3.17. The van der Waals surface area contributed by atoms with Crippen molar-refractivity contribution in [2.45, 2.75) is 0 Å². The van der Waals surface area contributed by atoms with Gasteiger partial charge < -0.3 is 21.9 Å². The predicted molar refractivity (Wildman–Crippen MR) is 69.6 cm³/mol. The Morgan fingerprint density at radius 2 is 1.83 bits per heavy atom. The first-order valence-corrected chi connectivity index (χ1v) is 4.90. The average Bonchev–Trinajstić information content (AvgIpc) is 2.30. The molecule has 0 radical (unpaired) electrons. The van der Waals surface area contributed by atoms with Gasteiger partial charge in [-0.25, -0.2) is 9.79 Å². The molecule has 0 spiro atoms. The molecule has 0 aliphatic rings. The summed E-state index contributed by atoms with van der Waals surface area (Å²) in [6.07, 6.45) is -0.550. The third kappa shape index (κ3) is 4.39. The Hall–Kier alpha value is -2.77. The SMILES string of the molecule is COC(=O)Nc1ccc(N=C(N)N=C(N)N)cc1. The molecule has 0 unspecified atom stereocenters. The minimum atomic E-state index is -0.550. The topological polar surface area (TPSA) is 141 Å². The number of amides is 1. The van der Waals surface area contributed by atoms with Gasteiger partial charge in [0, 0.05) is 5.69 Å². The van der Waals surface area contributed by atoms with Crippen LogP contribution in [0.1, 0.15) is 0 Å². The average molecular weight is 250 g/mol. The fraction of sp³-hybridized carbons (Fsp3) is 0.100. The molecule has 1 amide bonds. The Labute approximate surface area is 104 Å². The van der Waals surface area contributed by atoms with Crippen LogP contribution < -0.4 is 22.5 Å². The van der Waals surface area contributed by atoms with Crippen molar-refractivity contribution in [2.24, 2.45) is 27.2 Å². The summed E-state index contributed by atoms with van der Waals surface area (Å²) in [5.41, 5.74) is 16.9. The minimum Gasteiger partial charge on any atom is -0.453 e. The van der Waals surface area contributed by atoms with Crippen LogP contribution in [0.5, 0.6) is 0 Å². The van der Waals surface area contributed by atoms with E-state index in [1.165, 1.54) is 7.11 Å². The highest BCUT2D eigenvalue weighted by molar-refractivity contribution is 5.93. The number of hydrogen-bond acceptors (Lipinski definition) is 3. The number of anilines is 1. The highest BCUT2D eigenvalue weighted by atomic mass is 16.5. The molecule has 1 aromatic carbocycles. The molecule has 8 heteroatoms. The quantitative estimate of drug-likeness (QED) is 0.434. The van der Waals surface area contributed by atoms with Gasteiger partial charge in [-0.2, -0.15) is 4.99 Å². The number of nitrogens with two attached hydrogens (primary N) is 3. The molecular formula is C10H14N6O2. The fourth-order valence-corrected chi connectivity index (χ4v) is 1.08. The van der Waals surface area contributed by atoms with E-state index in [-0.39, 0.29) is 11.9 Å². The smallest absolute Gasteiger partial charge is 0.411 e. The minimum absolute atomic E-state index is 0.0522. The highest BCUT2D eigenvalue weighted by Gasteiger charge is 2.00. The number of ether oxygens (including phenoxy) is 1. The lowest BCUT2D eigenvalue weighted by molar-refractivity contribution is 0.187. The molecule has 96 valence electrons. The van der Waals surface area contributed by atoms with E-state index in [4.69, 9.17) is 17.2 Å². The second kappa shape index (κ2) is 6.09. The van der Waals surface area contributed by atoms with Crippen LogP contribution in [0.15, 0.2) is 34.3 Å². The van der Waals surface area contributed by atoms with E-state index < -0.39 is 6.09 Å². The monoisotopic (exact) mass is 250 g/mol. The Bertz CT molecular complexity index is 476. The van der Waals surface area contributed by atoms with Crippen molar-refractivity contribution in [1.82, 2.24) is 0 Å². The van der Waals surface area contributed by atoms with Gasteiger partial charge in [-0.3, -0.25) is 5.32 Å². The Balaban J connectivity index is 2.77. The maximum atomic E-state index is 10.9. The largest absolute Gasteiger partial charge is 0.453 e. The van der Waals surface area contributed by atoms with Crippen LogP contribution in [-0.4, -0.2) is 25.1 Å². The van der Waals surface area contributed by atoms with Crippen LogP contribution in [0.4, 0.5) is 16.2 Å². The van der Waals surface area contributed by atoms with Gasteiger partial charge in [-0.1, -0.05) is 0 Å². The van der Waals surface area contributed by atoms with Crippen molar-refractivity contribution >= 4 is 29.4 Å². The third-order valence-corrected chi connectivity index (χ3v) is 1.79. The number of hydrogen-bond donors (Lipinski definition) is 4. The Morgan fingerprint density at radius 1 is 1.22 bits per heavy atom. The molecule has 0 bridgehead atoms. The third-order valence-electron chi connectivity index (χ3n) is 1.79. The molecule has 0 saturated carbocycles. The number of nitrogens with zero attached hydrogens (tertiary/aromatic N) is 2. The lowest BCUT2D eigenvalue weighted by atomic mass is 10.3. The second-order valence-electron chi connectivity index (χ2n) is 3.17. The van der Waals surface area contributed by atoms with E-state index in [0.29, 0.717) is 11.4 Å². The maximum Gasteiger partial charge on any atom is 0.411 e. The van der Waals surface area contributed by atoms with Crippen LogP contribution in [0.25, 0.3) is 0 Å². The molecule has 0 heterocycles. The summed E-state index contributed by atoms with van der Waals surface area (Å²) in [6.45, 7) is 0. The zero-order chi connectivity index (χ0) is 13.5. The summed E-state index contributed by atoms with van der Waals surface area (Å²) in [4.78, 5) is 18.4. The fourth-order valence-electron chi connectivity index (χ4n) is 1.08. The lowest BCUT2D eigenvalue weighted by Crippen LogP contribution is -2.26. The first-order valence-electron chi connectivity index (χ1n) is 4.90. The number of carbonyl (C=O) groups excluding carboxylic acids is 1. The standard InChI is InChI=1S/C10H14N6O2/c1-18-10(17)15-7-4-2-6(3-5-7)14-9(13)16-8(11)12/h2-5H,1H3,(H,15,17)(H6,11,12,13,14,16). The molecule has 0 aliphatic heterocycles. The van der Waals surface area contributed by atoms with E-state index in [9.17, 15) is 4.79 Å². The number of carbonyl (C=O) groups is 1. The summed E-state index contributed by atoms with van der Waals surface area (Å²) < 4.78 is 4.45. The van der Waals surface area contributed by atoms with E-state index in [1.807, 2.05) is 0 Å². The number of rotatable bonds is 2. The zero-order valence-electron chi connectivity index (χ0n) is 9.75. The first kappa shape index (κ1) is 13.3. The number of guanidine groups is 2. The van der Waals surface area contributed by atoms with E-state index in [0.717, 1.165) is 0 Å². The molecule has 0 fully saturated rings. The number of methoxy groups -OCH3 is 1. The molecule has 1 rings (SSSR count). The van der Waals surface area contributed by atoms with Crippen molar-refractivity contribution < 1.29 is 9.53 Å². The molecule has 0 aliphatic carbocycles. The molecule has 7 N–H and O–H groups in total. The van der Waals surface area contributed by atoms with Gasteiger partial charge in [0.25, 0.3) is 0 Å². The van der Waals surface area contributed by atoms with E-state index >= 15 is 0 Å². The molecular weight excluding hydrogens is 236 g/mol. The normalized spacial score (nSPS) is 10.6. The van der Waals surface area contributed by atoms with Gasteiger partial charge in [-0.15, -0.1) is 0 Å². The molecule has 0 aromatic heterocycles. The number of benzene rings is 1. The van der Waals surface area contributed by atoms with Crippen molar-refractivity contribution in [3.05, 3.63) is 24.3 Å². The van der Waals surface area contributed by atoms with Gasteiger partial charge in [0.05, 0.1) is 12.8 Å². The summed E-state index contributed by atoms with van der Waals surface area (Å²) in [6, 6.07) is 6.55. The van der Waals surface area contributed by atoms with E-state index in [1.54, 1.807) is 24.3 Å². The van der Waals surface area contributed by atoms with Crippen molar-refractivity contribution in [2.75, 3.05) is 12.4 Å². The summed E-state index contributed by atoms with van der Waals surface area (Å²) in [5, 5.41) is 2.50.